The highest BCUT2D eigenvalue weighted by Crippen LogP contribution is 2.42. The van der Waals surface area contributed by atoms with Crippen molar-refractivity contribution in [3.05, 3.63) is 74.5 Å². The summed E-state index contributed by atoms with van der Waals surface area (Å²) in [5, 5.41) is 9.98. The Morgan fingerprint density at radius 2 is 2.00 bits per heavy atom. The number of aliphatic carboxylic acids is 1. The van der Waals surface area contributed by atoms with Crippen LogP contribution in [0.4, 0.5) is 0 Å². The Labute approximate surface area is 181 Å². The zero-order chi connectivity index (χ0) is 20.7. The zero-order valence-corrected chi connectivity index (χ0v) is 17.5. The van der Waals surface area contributed by atoms with E-state index in [1.54, 1.807) is 24.5 Å². The van der Waals surface area contributed by atoms with Gasteiger partial charge in [0.15, 0.2) is 0 Å². The molecule has 0 amide bonds. The van der Waals surface area contributed by atoms with Crippen LogP contribution in [0.2, 0.25) is 15.1 Å². The molecule has 2 aromatic heterocycles. The fraction of sp³-hybridized carbons (Fsp3) is 0.200. The van der Waals surface area contributed by atoms with Crippen molar-refractivity contribution in [1.82, 2.24) is 14.5 Å². The molecule has 0 unspecified atom stereocenters. The first-order valence-electron chi connectivity index (χ1n) is 8.82. The molecule has 0 saturated carbocycles. The summed E-state index contributed by atoms with van der Waals surface area (Å²) < 4.78 is 1.90. The third-order valence-corrected chi connectivity index (χ3v) is 5.97. The molecule has 0 saturated heterocycles. The molecule has 148 valence electrons. The number of nitrogens with zero attached hydrogens (tertiary/aromatic N) is 4. The molecule has 0 radical (unpaired) electrons. The molecular formula is C20H15Cl3N4O2. The van der Waals surface area contributed by atoms with E-state index < -0.39 is 12.0 Å². The summed E-state index contributed by atoms with van der Waals surface area (Å²) in [6, 6.07) is 6.68. The third-order valence-electron chi connectivity index (χ3n) is 4.71. The van der Waals surface area contributed by atoms with E-state index >= 15 is 0 Å². The molecule has 0 bridgehead atoms. The first-order valence-corrected chi connectivity index (χ1v) is 9.95. The predicted octanol–water partition coefficient (Wildman–Crippen LogP) is 5.29. The molecule has 1 aliphatic rings. The van der Waals surface area contributed by atoms with Gasteiger partial charge in [-0.15, -0.1) is 0 Å². The molecule has 6 nitrogen and oxygen atoms in total. The third kappa shape index (κ3) is 3.52. The lowest BCUT2D eigenvalue weighted by Gasteiger charge is -2.16. The number of aromatic nitrogens is 3. The molecule has 1 atom stereocenters. The van der Waals surface area contributed by atoms with Crippen molar-refractivity contribution in [2.45, 2.75) is 25.8 Å². The van der Waals surface area contributed by atoms with E-state index in [0.717, 1.165) is 5.69 Å². The Bertz CT molecular complexity index is 1140. The number of aliphatic imine (C=N–C) groups is 1. The fourth-order valence-electron chi connectivity index (χ4n) is 3.42. The maximum atomic E-state index is 11.2. The lowest BCUT2D eigenvalue weighted by atomic mass is 10.0. The van der Waals surface area contributed by atoms with Crippen LogP contribution in [0.3, 0.4) is 0 Å². The number of aryl methyl sites for hydroxylation is 1. The normalized spacial score (nSPS) is 15.3. The molecule has 3 aromatic rings. The molecule has 0 spiro atoms. The van der Waals surface area contributed by atoms with E-state index in [2.05, 4.69) is 9.97 Å². The summed E-state index contributed by atoms with van der Waals surface area (Å²) in [5.74, 6) is -0.286. The number of carbonyl (C=O) groups is 1. The first-order chi connectivity index (χ1) is 13.9. The van der Waals surface area contributed by atoms with Gasteiger partial charge in [0.25, 0.3) is 0 Å². The van der Waals surface area contributed by atoms with Crippen molar-refractivity contribution in [3.63, 3.8) is 0 Å². The molecule has 4 rings (SSSR count). The van der Waals surface area contributed by atoms with Gasteiger partial charge in [-0.25, -0.2) is 4.98 Å². The maximum Gasteiger partial charge on any atom is 0.303 e. The number of pyridine rings is 1. The minimum atomic E-state index is -0.903. The lowest BCUT2D eigenvalue weighted by molar-refractivity contribution is -0.137. The minimum Gasteiger partial charge on any atom is -0.481 e. The Kier molecular flexibility index (Phi) is 5.34. The van der Waals surface area contributed by atoms with Gasteiger partial charge in [-0.3, -0.25) is 19.3 Å². The standard InChI is InChI=1S/C20H15Cl3N4O2/c1-10-9-25-20-13(5-6-15(28)29)26-19(12-4-2-3-7-24-12)16-14(27(10)20)8-11(21)17(22)18(16)23/h2-4,7-9,13H,5-6H2,1H3,(H,28,29)/t13-/m0/s1. The molecule has 9 heteroatoms. The highest BCUT2D eigenvalue weighted by molar-refractivity contribution is 6.50. The van der Waals surface area contributed by atoms with Gasteiger partial charge in [0.05, 0.1) is 32.2 Å². The summed E-state index contributed by atoms with van der Waals surface area (Å²) in [5.41, 5.74) is 3.22. The van der Waals surface area contributed by atoms with Crippen LogP contribution in [-0.2, 0) is 4.79 Å². The number of carboxylic acids is 1. The topological polar surface area (TPSA) is 80.4 Å². The van der Waals surface area contributed by atoms with E-state index in [1.807, 2.05) is 23.6 Å². The number of halogens is 3. The summed E-state index contributed by atoms with van der Waals surface area (Å²) in [7, 11) is 0. The van der Waals surface area contributed by atoms with Gasteiger partial charge in [-0.2, -0.15) is 0 Å². The summed E-state index contributed by atoms with van der Waals surface area (Å²) in [6.07, 6.45) is 3.59. The number of imidazole rings is 1. The molecule has 29 heavy (non-hydrogen) atoms. The van der Waals surface area contributed by atoms with Crippen LogP contribution in [0.5, 0.6) is 0 Å². The van der Waals surface area contributed by atoms with Gasteiger partial charge in [-0.05, 0) is 31.5 Å². The number of carboxylic acid groups (broad SMARTS) is 1. The largest absolute Gasteiger partial charge is 0.481 e. The summed E-state index contributed by atoms with van der Waals surface area (Å²) in [4.78, 5) is 25.0. The van der Waals surface area contributed by atoms with Crippen LogP contribution >= 0.6 is 34.8 Å². The number of hydrogen-bond donors (Lipinski definition) is 1. The highest BCUT2D eigenvalue weighted by atomic mass is 35.5. The van der Waals surface area contributed by atoms with Gasteiger partial charge in [0.1, 0.15) is 11.9 Å². The molecule has 3 heterocycles. The Morgan fingerprint density at radius 3 is 2.69 bits per heavy atom. The average Bonchev–Trinajstić information content (AvgIpc) is 3.02. The van der Waals surface area contributed by atoms with Crippen molar-refractivity contribution < 1.29 is 9.90 Å². The number of benzene rings is 1. The van der Waals surface area contributed by atoms with Crippen LogP contribution in [-0.4, -0.2) is 31.3 Å². The second kappa shape index (κ2) is 7.78. The quantitative estimate of drug-likeness (QED) is 0.549. The van der Waals surface area contributed by atoms with Crippen molar-refractivity contribution in [1.29, 1.82) is 0 Å². The van der Waals surface area contributed by atoms with Gasteiger partial charge < -0.3 is 5.11 Å². The zero-order valence-electron chi connectivity index (χ0n) is 15.2. The van der Waals surface area contributed by atoms with E-state index in [0.29, 0.717) is 33.5 Å². The highest BCUT2D eigenvalue weighted by Gasteiger charge is 2.31. The SMILES string of the molecule is Cc1cnc2n1-c1cc(Cl)c(Cl)c(Cl)c1C(c1ccccn1)=N[C@H]2CCC(=O)O. The lowest BCUT2D eigenvalue weighted by Crippen LogP contribution is -2.10. The summed E-state index contributed by atoms with van der Waals surface area (Å²) >= 11 is 19.3. The van der Waals surface area contributed by atoms with Crippen molar-refractivity contribution >= 4 is 46.5 Å². The molecule has 0 aliphatic carbocycles. The van der Waals surface area contributed by atoms with Gasteiger partial charge in [-0.1, -0.05) is 40.9 Å². The second-order valence-corrected chi connectivity index (χ2v) is 7.78. The van der Waals surface area contributed by atoms with E-state index in [-0.39, 0.29) is 22.9 Å². The van der Waals surface area contributed by atoms with Crippen molar-refractivity contribution in [3.8, 4) is 5.69 Å². The average molecular weight is 450 g/mol. The maximum absolute atomic E-state index is 11.2. The van der Waals surface area contributed by atoms with Gasteiger partial charge in [0.2, 0.25) is 0 Å². The van der Waals surface area contributed by atoms with E-state index in [4.69, 9.17) is 39.8 Å². The van der Waals surface area contributed by atoms with Crippen LogP contribution in [0.25, 0.3) is 5.69 Å². The molecular weight excluding hydrogens is 435 g/mol. The predicted molar refractivity (Wildman–Crippen MR) is 113 cm³/mol. The van der Waals surface area contributed by atoms with Gasteiger partial charge >= 0.3 is 5.97 Å². The van der Waals surface area contributed by atoms with Crippen molar-refractivity contribution in [2.24, 2.45) is 4.99 Å². The molecule has 1 aromatic carbocycles. The Morgan fingerprint density at radius 1 is 1.21 bits per heavy atom. The van der Waals surface area contributed by atoms with Crippen LogP contribution < -0.4 is 0 Å². The Hall–Kier alpha value is -2.41. The number of rotatable bonds is 4. The number of fused-ring (bicyclic) bond motifs is 3. The van der Waals surface area contributed by atoms with Crippen LogP contribution in [0.15, 0.2) is 41.7 Å². The second-order valence-electron chi connectivity index (χ2n) is 6.61. The first kappa shape index (κ1) is 19.9. The smallest absolute Gasteiger partial charge is 0.303 e. The Balaban J connectivity index is 2.05. The summed E-state index contributed by atoms with van der Waals surface area (Å²) in [6.45, 7) is 1.90. The monoisotopic (exact) mass is 448 g/mol. The van der Waals surface area contributed by atoms with Crippen LogP contribution in [0.1, 0.15) is 41.7 Å². The fourth-order valence-corrected chi connectivity index (χ4v) is 4.10. The van der Waals surface area contributed by atoms with Gasteiger partial charge in [0, 0.05) is 30.1 Å². The van der Waals surface area contributed by atoms with E-state index in [1.165, 1.54) is 0 Å². The molecule has 1 N–H and O–H groups in total. The molecule has 0 fully saturated rings. The minimum absolute atomic E-state index is 0.0544. The number of hydrogen-bond acceptors (Lipinski definition) is 4. The van der Waals surface area contributed by atoms with Crippen molar-refractivity contribution in [2.75, 3.05) is 0 Å². The molecule has 1 aliphatic heterocycles. The van der Waals surface area contributed by atoms with Crippen LogP contribution in [0, 0.1) is 6.92 Å². The van der Waals surface area contributed by atoms with E-state index in [9.17, 15) is 9.90 Å².